The Morgan fingerprint density at radius 2 is 1.70 bits per heavy atom. The first-order valence-electron chi connectivity index (χ1n) is 7.10. The van der Waals surface area contributed by atoms with Crippen molar-refractivity contribution in [1.82, 2.24) is 0 Å². The van der Waals surface area contributed by atoms with Gasteiger partial charge in [-0.15, -0.1) is 0 Å². The maximum Gasteiger partial charge on any atom is 0.166 e. The first-order valence-corrected chi connectivity index (χ1v) is 7.10. The Bertz CT molecular complexity index is 546. The Balaban J connectivity index is 1.87. The number of carbonyl (C=O) groups is 1. The highest BCUT2D eigenvalue weighted by Crippen LogP contribution is 2.20. The minimum Gasteiger partial charge on any atom is -0.493 e. The molecule has 0 aromatic heterocycles. The summed E-state index contributed by atoms with van der Waals surface area (Å²) < 4.78 is 5.76. The average Bonchev–Trinajstić information content (AvgIpc) is 2.52. The lowest BCUT2D eigenvalue weighted by Crippen LogP contribution is -2.05. The minimum absolute atomic E-state index is 0.128. The van der Waals surface area contributed by atoms with Gasteiger partial charge in [-0.05, 0) is 30.5 Å². The molecule has 2 rings (SSSR count). The average molecular weight is 268 g/mol. The number of hydrogen-bond acceptors (Lipinski definition) is 2. The highest BCUT2D eigenvalue weighted by molar-refractivity contribution is 5.98. The second kappa shape index (κ2) is 7.49. The second-order valence-electron chi connectivity index (χ2n) is 4.71. The van der Waals surface area contributed by atoms with Gasteiger partial charge in [-0.3, -0.25) is 4.79 Å². The molecule has 0 N–H and O–H groups in total. The van der Waals surface area contributed by atoms with E-state index in [0.717, 1.165) is 12.8 Å². The molecule has 0 spiro atoms. The normalized spacial score (nSPS) is 10.2. The zero-order valence-corrected chi connectivity index (χ0v) is 11.8. The molecule has 0 saturated heterocycles. The predicted molar refractivity (Wildman–Crippen MR) is 81.3 cm³/mol. The summed E-state index contributed by atoms with van der Waals surface area (Å²) in [6, 6.07) is 17.8. The molecule has 0 heterocycles. The zero-order valence-electron chi connectivity index (χ0n) is 11.8. The van der Waals surface area contributed by atoms with Gasteiger partial charge < -0.3 is 4.74 Å². The maximum atomic E-state index is 11.8. The third kappa shape index (κ3) is 3.95. The molecule has 0 aliphatic carbocycles. The van der Waals surface area contributed by atoms with E-state index in [9.17, 15) is 4.79 Å². The Morgan fingerprint density at radius 1 is 1.00 bits per heavy atom. The molecule has 0 saturated carbocycles. The molecule has 0 aliphatic heterocycles. The van der Waals surface area contributed by atoms with E-state index in [1.165, 1.54) is 5.56 Å². The van der Waals surface area contributed by atoms with Crippen LogP contribution >= 0.6 is 0 Å². The molecule has 2 nitrogen and oxygen atoms in total. The van der Waals surface area contributed by atoms with E-state index in [4.69, 9.17) is 4.74 Å². The standard InChI is InChI=1S/C18H20O2/c1-2-17(19)16-12-6-7-13-18(16)20-14-8-11-15-9-4-3-5-10-15/h3-7,9-10,12-13H,2,8,11,14H2,1H3. The lowest BCUT2D eigenvalue weighted by molar-refractivity contribution is 0.0984. The number of rotatable bonds is 7. The molecule has 0 unspecified atom stereocenters. The van der Waals surface area contributed by atoms with Gasteiger partial charge in [0, 0.05) is 6.42 Å². The van der Waals surface area contributed by atoms with E-state index in [2.05, 4.69) is 12.1 Å². The smallest absolute Gasteiger partial charge is 0.166 e. The van der Waals surface area contributed by atoms with Crippen LogP contribution < -0.4 is 4.74 Å². The number of para-hydroxylation sites is 1. The predicted octanol–water partition coefficient (Wildman–Crippen LogP) is 4.29. The van der Waals surface area contributed by atoms with Crippen LogP contribution in [0.25, 0.3) is 0 Å². The van der Waals surface area contributed by atoms with Crippen molar-refractivity contribution in [2.45, 2.75) is 26.2 Å². The van der Waals surface area contributed by atoms with Gasteiger partial charge in [-0.25, -0.2) is 0 Å². The molecule has 104 valence electrons. The van der Waals surface area contributed by atoms with Gasteiger partial charge in [0.2, 0.25) is 0 Å². The fourth-order valence-electron chi connectivity index (χ4n) is 2.12. The van der Waals surface area contributed by atoms with Crippen LogP contribution in [-0.2, 0) is 6.42 Å². The number of hydrogen-bond donors (Lipinski definition) is 0. The Labute approximate surface area is 120 Å². The van der Waals surface area contributed by atoms with Gasteiger partial charge in [0.05, 0.1) is 12.2 Å². The highest BCUT2D eigenvalue weighted by atomic mass is 16.5. The van der Waals surface area contributed by atoms with E-state index in [0.29, 0.717) is 24.3 Å². The lowest BCUT2D eigenvalue weighted by Gasteiger charge is -2.10. The number of benzene rings is 2. The van der Waals surface area contributed by atoms with E-state index >= 15 is 0 Å². The Morgan fingerprint density at radius 3 is 2.45 bits per heavy atom. The largest absolute Gasteiger partial charge is 0.493 e. The van der Waals surface area contributed by atoms with Crippen molar-refractivity contribution in [3.8, 4) is 5.75 Å². The first-order chi connectivity index (χ1) is 9.81. The summed E-state index contributed by atoms with van der Waals surface area (Å²) in [6.45, 7) is 2.50. The van der Waals surface area contributed by atoms with Crippen molar-refractivity contribution in [2.24, 2.45) is 0 Å². The fraction of sp³-hybridized carbons (Fsp3) is 0.278. The van der Waals surface area contributed by atoms with Crippen molar-refractivity contribution in [1.29, 1.82) is 0 Å². The number of aryl methyl sites for hydroxylation is 1. The van der Waals surface area contributed by atoms with Crippen molar-refractivity contribution in [3.63, 3.8) is 0 Å². The fourth-order valence-corrected chi connectivity index (χ4v) is 2.12. The van der Waals surface area contributed by atoms with Crippen molar-refractivity contribution < 1.29 is 9.53 Å². The van der Waals surface area contributed by atoms with Gasteiger partial charge in [-0.1, -0.05) is 49.4 Å². The molecule has 0 atom stereocenters. The van der Waals surface area contributed by atoms with E-state index in [-0.39, 0.29) is 5.78 Å². The van der Waals surface area contributed by atoms with Crippen LogP contribution in [0, 0.1) is 0 Å². The van der Waals surface area contributed by atoms with Crippen LogP contribution in [0.15, 0.2) is 54.6 Å². The second-order valence-corrected chi connectivity index (χ2v) is 4.71. The van der Waals surface area contributed by atoms with E-state index < -0.39 is 0 Å². The molecule has 2 aromatic rings. The molecule has 0 radical (unpaired) electrons. The van der Waals surface area contributed by atoms with Gasteiger partial charge in [0.25, 0.3) is 0 Å². The van der Waals surface area contributed by atoms with Crippen LogP contribution in [0.4, 0.5) is 0 Å². The molecule has 0 amide bonds. The van der Waals surface area contributed by atoms with Crippen molar-refractivity contribution in [3.05, 3.63) is 65.7 Å². The van der Waals surface area contributed by atoms with Crippen molar-refractivity contribution in [2.75, 3.05) is 6.61 Å². The Hall–Kier alpha value is -2.09. The first kappa shape index (κ1) is 14.3. The summed E-state index contributed by atoms with van der Waals surface area (Å²) in [5.74, 6) is 0.830. The van der Waals surface area contributed by atoms with Crippen molar-refractivity contribution >= 4 is 5.78 Å². The van der Waals surface area contributed by atoms with Crippen LogP contribution in [0.1, 0.15) is 35.7 Å². The van der Waals surface area contributed by atoms with Crippen LogP contribution in [-0.4, -0.2) is 12.4 Å². The number of ketones is 1. The topological polar surface area (TPSA) is 26.3 Å². The summed E-state index contributed by atoms with van der Waals surface area (Å²) in [6.07, 6.45) is 2.44. The third-order valence-corrected chi connectivity index (χ3v) is 3.22. The van der Waals surface area contributed by atoms with Gasteiger partial charge in [-0.2, -0.15) is 0 Å². The SMILES string of the molecule is CCC(=O)c1ccccc1OCCCc1ccccc1. The molecule has 2 aromatic carbocycles. The number of ether oxygens (including phenoxy) is 1. The highest BCUT2D eigenvalue weighted by Gasteiger charge is 2.09. The summed E-state index contributed by atoms with van der Waals surface area (Å²) in [5, 5.41) is 0. The summed E-state index contributed by atoms with van der Waals surface area (Å²) in [7, 11) is 0. The van der Waals surface area contributed by atoms with Gasteiger partial charge in [0.1, 0.15) is 5.75 Å². The molecule has 0 aliphatic rings. The van der Waals surface area contributed by atoms with Gasteiger partial charge >= 0.3 is 0 Å². The van der Waals surface area contributed by atoms with Crippen LogP contribution in [0.2, 0.25) is 0 Å². The summed E-state index contributed by atoms with van der Waals surface area (Å²) >= 11 is 0. The summed E-state index contributed by atoms with van der Waals surface area (Å²) in [4.78, 5) is 11.8. The monoisotopic (exact) mass is 268 g/mol. The molecular weight excluding hydrogens is 248 g/mol. The Kier molecular flexibility index (Phi) is 5.36. The molecular formula is C18H20O2. The molecule has 2 heteroatoms. The molecule has 0 fully saturated rings. The minimum atomic E-state index is 0.128. The van der Waals surface area contributed by atoms with E-state index in [1.807, 2.05) is 49.4 Å². The number of carbonyl (C=O) groups excluding carboxylic acids is 1. The number of Topliss-reactive ketones (excluding diaryl/α,β-unsaturated/α-hetero) is 1. The van der Waals surface area contributed by atoms with Gasteiger partial charge in [0.15, 0.2) is 5.78 Å². The maximum absolute atomic E-state index is 11.8. The zero-order chi connectivity index (χ0) is 14.2. The van der Waals surface area contributed by atoms with Crippen LogP contribution in [0.3, 0.4) is 0 Å². The lowest BCUT2D eigenvalue weighted by atomic mass is 10.1. The molecule has 0 bridgehead atoms. The van der Waals surface area contributed by atoms with E-state index in [1.54, 1.807) is 0 Å². The van der Waals surface area contributed by atoms with Crippen LogP contribution in [0.5, 0.6) is 5.75 Å². The summed E-state index contributed by atoms with van der Waals surface area (Å²) in [5.41, 5.74) is 2.00. The quantitative estimate of drug-likeness (QED) is 0.553. The third-order valence-electron chi connectivity index (χ3n) is 3.22. The molecule has 20 heavy (non-hydrogen) atoms.